The van der Waals surface area contributed by atoms with E-state index in [1.54, 1.807) is 6.07 Å². The maximum atomic E-state index is 12.5. The van der Waals surface area contributed by atoms with Crippen LogP contribution in [0, 0.1) is 0 Å². The zero-order chi connectivity index (χ0) is 12.7. The van der Waals surface area contributed by atoms with E-state index in [4.69, 9.17) is 4.74 Å². The Kier molecular flexibility index (Phi) is 9.69. The molecule has 1 nitrogen and oxygen atoms in total. The van der Waals surface area contributed by atoms with Crippen LogP contribution in [0.15, 0.2) is 24.3 Å². The van der Waals surface area contributed by atoms with Crippen molar-refractivity contribution < 1.29 is 69.1 Å². The predicted molar refractivity (Wildman–Crippen MR) is 64.8 cm³/mol. The Labute approximate surface area is 149 Å². The van der Waals surface area contributed by atoms with Crippen LogP contribution in [0.2, 0.25) is 0 Å². The van der Waals surface area contributed by atoms with Gasteiger partial charge in [0.2, 0.25) is 0 Å². The van der Waals surface area contributed by atoms with E-state index in [0.29, 0.717) is 12.4 Å². The maximum absolute atomic E-state index is 12.5. The third-order valence-electron chi connectivity index (χ3n) is 2.50. The summed E-state index contributed by atoms with van der Waals surface area (Å²) in [4.78, 5) is 0. The van der Waals surface area contributed by atoms with Gasteiger partial charge in [-0.05, 0) is 18.6 Å². The van der Waals surface area contributed by atoms with E-state index >= 15 is 0 Å². The molecule has 0 aromatic heterocycles. The Bertz CT molecular complexity index is 344. The summed E-state index contributed by atoms with van der Waals surface area (Å²) in [6.45, 7) is -2.35. The molecule has 6 heteroatoms. The van der Waals surface area contributed by atoms with Crippen molar-refractivity contribution in [3.8, 4) is 5.75 Å². The first kappa shape index (κ1) is 18.5. The number of halogens is 3. The van der Waals surface area contributed by atoms with E-state index in [9.17, 15) is 12.9 Å². The van der Waals surface area contributed by atoms with E-state index in [0.717, 1.165) is 37.8 Å². The van der Waals surface area contributed by atoms with Gasteiger partial charge >= 0.3 is 58.4 Å². The smallest absolute Gasteiger partial charge is 0.494 e. The van der Waals surface area contributed by atoms with Gasteiger partial charge in [-0.3, -0.25) is 0 Å². The molecule has 96 valence electrons. The third-order valence-corrected chi connectivity index (χ3v) is 2.50. The van der Waals surface area contributed by atoms with Crippen molar-refractivity contribution in [2.24, 2.45) is 0 Å². The molecule has 0 unspecified atom stereocenters. The standard InChI is InChI=1S/C12H17BF3O.K/c1-2-3-4-5-9-17-12-8-6-7-11(10-12)13(14,15)16;/h6-8,10H,2-5,9H2,1H3;/q-1;+1. The van der Waals surface area contributed by atoms with Crippen LogP contribution < -0.4 is 61.6 Å². The molecule has 0 radical (unpaired) electrons. The number of rotatable bonds is 7. The molecular formula is C12H17BF3KO. The predicted octanol–water partition coefficient (Wildman–Crippen LogP) is 0.704. The van der Waals surface area contributed by atoms with E-state index in [1.807, 2.05) is 0 Å². The van der Waals surface area contributed by atoms with Crippen molar-refractivity contribution >= 4 is 12.4 Å². The summed E-state index contributed by atoms with van der Waals surface area (Å²) in [7, 11) is 0. The number of benzene rings is 1. The van der Waals surface area contributed by atoms with Gasteiger partial charge in [0, 0.05) is 0 Å². The molecule has 0 N–H and O–H groups in total. The second-order valence-electron chi connectivity index (χ2n) is 4.06. The summed E-state index contributed by atoms with van der Waals surface area (Å²) in [5.74, 6) is 0.304. The second-order valence-corrected chi connectivity index (χ2v) is 4.06. The van der Waals surface area contributed by atoms with Gasteiger partial charge in [-0.1, -0.05) is 38.3 Å². The fourth-order valence-corrected chi connectivity index (χ4v) is 1.53. The summed E-state index contributed by atoms with van der Waals surface area (Å²) in [5, 5.41) is 0. The summed E-state index contributed by atoms with van der Waals surface area (Å²) in [6.07, 6.45) is 4.20. The van der Waals surface area contributed by atoms with Crippen LogP contribution in [-0.4, -0.2) is 13.6 Å². The monoisotopic (exact) mass is 284 g/mol. The van der Waals surface area contributed by atoms with Gasteiger partial charge in [0.05, 0.1) is 6.61 Å². The minimum Gasteiger partial charge on any atom is -0.494 e. The molecule has 0 amide bonds. The topological polar surface area (TPSA) is 9.23 Å². The van der Waals surface area contributed by atoms with E-state index in [2.05, 4.69) is 6.92 Å². The number of ether oxygens (including phenoxy) is 1. The molecule has 0 spiro atoms. The van der Waals surface area contributed by atoms with Crippen molar-refractivity contribution in [3.63, 3.8) is 0 Å². The molecule has 0 fully saturated rings. The van der Waals surface area contributed by atoms with Crippen molar-refractivity contribution in [3.05, 3.63) is 24.3 Å². The normalized spacial score (nSPS) is 10.9. The molecule has 0 bridgehead atoms. The largest absolute Gasteiger partial charge is 1.00 e. The van der Waals surface area contributed by atoms with Gasteiger partial charge < -0.3 is 17.7 Å². The molecule has 0 aliphatic carbocycles. The Morgan fingerprint density at radius 3 is 2.44 bits per heavy atom. The zero-order valence-corrected chi connectivity index (χ0v) is 14.1. The Morgan fingerprint density at radius 1 is 1.11 bits per heavy atom. The Hall–Kier alpha value is 0.511. The molecule has 1 rings (SSSR count). The molecule has 0 atom stereocenters. The average molecular weight is 284 g/mol. The van der Waals surface area contributed by atoms with E-state index in [-0.39, 0.29) is 51.4 Å². The fraction of sp³-hybridized carbons (Fsp3) is 0.500. The second kappa shape index (κ2) is 9.42. The van der Waals surface area contributed by atoms with Crippen LogP contribution >= 0.6 is 0 Å². The van der Waals surface area contributed by atoms with Crippen molar-refractivity contribution in [2.75, 3.05) is 6.61 Å². The van der Waals surface area contributed by atoms with Gasteiger partial charge in [-0.15, -0.1) is 5.46 Å². The first-order chi connectivity index (χ1) is 8.04. The maximum Gasteiger partial charge on any atom is 1.00 e. The van der Waals surface area contributed by atoms with Crippen LogP contribution in [0.1, 0.15) is 32.6 Å². The molecule has 0 saturated carbocycles. The van der Waals surface area contributed by atoms with E-state index in [1.165, 1.54) is 6.07 Å². The summed E-state index contributed by atoms with van der Waals surface area (Å²) < 4.78 is 42.7. The molecule has 1 aromatic rings. The van der Waals surface area contributed by atoms with Gasteiger partial charge in [-0.25, -0.2) is 0 Å². The van der Waals surface area contributed by atoms with Crippen LogP contribution in [0.3, 0.4) is 0 Å². The molecular weight excluding hydrogens is 267 g/mol. The van der Waals surface area contributed by atoms with Crippen molar-refractivity contribution in [2.45, 2.75) is 32.6 Å². The number of hydrogen-bond donors (Lipinski definition) is 0. The SMILES string of the molecule is CCCCCCOc1cccc([B-](F)(F)F)c1.[K+]. The van der Waals surface area contributed by atoms with Gasteiger partial charge in [0.15, 0.2) is 0 Å². The van der Waals surface area contributed by atoms with Crippen LogP contribution in [0.4, 0.5) is 12.9 Å². The van der Waals surface area contributed by atoms with Crippen LogP contribution in [0.5, 0.6) is 5.75 Å². The Morgan fingerprint density at radius 2 is 1.83 bits per heavy atom. The summed E-state index contributed by atoms with van der Waals surface area (Å²) >= 11 is 0. The molecule has 0 aliphatic heterocycles. The van der Waals surface area contributed by atoms with Crippen molar-refractivity contribution in [1.82, 2.24) is 0 Å². The fourth-order valence-electron chi connectivity index (χ4n) is 1.53. The molecule has 0 saturated heterocycles. The molecule has 0 heterocycles. The summed E-state index contributed by atoms with van der Waals surface area (Å²) in [5.41, 5.74) is -0.601. The first-order valence-electron chi connectivity index (χ1n) is 5.96. The van der Waals surface area contributed by atoms with E-state index < -0.39 is 12.4 Å². The van der Waals surface area contributed by atoms with Gasteiger partial charge in [0.25, 0.3) is 0 Å². The average Bonchev–Trinajstić information content (AvgIpc) is 2.28. The zero-order valence-electron chi connectivity index (χ0n) is 11.0. The molecule has 0 aliphatic rings. The van der Waals surface area contributed by atoms with Crippen molar-refractivity contribution in [1.29, 1.82) is 0 Å². The minimum absolute atomic E-state index is 0. The molecule has 1 aromatic carbocycles. The van der Waals surface area contributed by atoms with Gasteiger partial charge in [-0.2, -0.15) is 0 Å². The number of hydrogen-bond acceptors (Lipinski definition) is 1. The third kappa shape index (κ3) is 7.19. The Balaban J connectivity index is 0.00000289. The number of unbranched alkanes of at least 4 members (excludes halogenated alkanes) is 3. The van der Waals surface area contributed by atoms with Crippen LogP contribution in [-0.2, 0) is 0 Å². The minimum atomic E-state index is -4.93. The van der Waals surface area contributed by atoms with Crippen LogP contribution in [0.25, 0.3) is 0 Å². The van der Waals surface area contributed by atoms with Gasteiger partial charge in [0.1, 0.15) is 5.75 Å². The quantitative estimate of drug-likeness (QED) is 0.529. The summed E-state index contributed by atoms with van der Waals surface area (Å²) in [6, 6.07) is 5.08. The first-order valence-corrected chi connectivity index (χ1v) is 5.96. The molecule has 18 heavy (non-hydrogen) atoms.